The molecule has 2 aromatic rings. The van der Waals surface area contributed by atoms with Gasteiger partial charge in [-0.3, -0.25) is 4.79 Å². The van der Waals surface area contributed by atoms with Crippen molar-refractivity contribution in [3.63, 3.8) is 0 Å². The smallest absolute Gasteiger partial charge is 0.191 e. The largest absolute Gasteiger partial charge is 0.313 e. The van der Waals surface area contributed by atoms with E-state index in [0.717, 1.165) is 27.2 Å². The third kappa shape index (κ3) is 3.43. The fourth-order valence-corrected chi connectivity index (χ4v) is 3.35. The summed E-state index contributed by atoms with van der Waals surface area (Å²) in [5.41, 5.74) is 1.15. The van der Waals surface area contributed by atoms with Gasteiger partial charge in [0.25, 0.3) is 0 Å². The highest BCUT2D eigenvalue weighted by atomic mass is 32.2. The van der Waals surface area contributed by atoms with Crippen LogP contribution in [0.4, 0.5) is 0 Å². The number of nitrogens with zero attached hydrogens (tertiary/aromatic N) is 3. The Labute approximate surface area is 120 Å². The number of Topliss-reactive ketones (excluding diaryl/α,β-unsaturated/α-hetero) is 1. The molecule has 2 heterocycles. The molecule has 19 heavy (non-hydrogen) atoms. The molecule has 2 aromatic heterocycles. The van der Waals surface area contributed by atoms with Crippen molar-refractivity contribution >= 4 is 28.9 Å². The van der Waals surface area contributed by atoms with Crippen molar-refractivity contribution in [2.45, 2.75) is 24.4 Å². The number of hydrogen-bond acceptors (Lipinski definition) is 6. The lowest BCUT2D eigenvalue weighted by molar-refractivity contribution is 0.102. The second-order valence-corrected chi connectivity index (χ2v) is 6.01. The minimum absolute atomic E-state index is 0.121. The van der Waals surface area contributed by atoms with E-state index in [1.165, 1.54) is 11.3 Å². The van der Waals surface area contributed by atoms with Gasteiger partial charge in [-0.2, -0.15) is 0 Å². The van der Waals surface area contributed by atoms with Gasteiger partial charge in [0.1, 0.15) is 5.82 Å². The van der Waals surface area contributed by atoms with Crippen LogP contribution in [0.5, 0.6) is 0 Å². The first kappa shape index (κ1) is 14.2. The molecule has 0 aromatic carbocycles. The van der Waals surface area contributed by atoms with Crippen LogP contribution in [0.2, 0.25) is 0 Å². The number of nitrogens with one attached hydrogen (secondary N) is 1. The van der Waals surface area contributed by atoms with Crippen molar-refractivity contribution in [3.05, 3.63) is 27.7 Å². The van der Waals surface area contributed by atoms with E-state index >= 15 is 0 Å². The number of carbonyl (C=O) groups is 1. The summed E-state index contributed by atoms with van der Waals surface area (Å²) < 4.78 is 1.99. The highest BCUT2D eigenvalue weighted by Gasteiger charge is 2.10. The zero-order valence-electron chi connectivity index (χ0n) is 11.1. The zero-order chi connectivity index (χ0) is 13.8. The molecule has 5 nitrogen and oxygen atoms in total. The summed E-state index contributed by atoms with van der Waals surface area (Å²) >= 11 is 3.12. The van der Waals surface area contributed by atoms with E-state index in [2.05, 4.69) is 15.5 Å². The van der Waals surface area contributed by atoms with Gasteiger partial charge in [-0.25, -0.2) is 0 Å². The van der Waals surface area contributed by atoms with Crippen LogP contribution >= 0.6 is 23.1 Å². The first-order valence-electron chi connectivity index (χ1n) is 5.86. The van der Waals surface area contributed by atoms with Gasteiger partial charge in [0.05, 0.1) is 11.4 Å². The molecule has 102 valence electrons. The standard InChI is InChI=1S/C12H16N4OS2/c1-8(17)10-4-9(6-18-10)7-19-12-15-14-11(5-13-2)16(12)3/h4,6,13H,5,7H2,1-3H3. The normalized spacial score (nSPS) is 10.9. The van der Waals surface area contributed by atoms with Crippen LogP contribution in [-0.2, 0) is 19.3 Å². The SMILES string of the molecule is CNCc1nnc(SCc2csc(C(C)=O)c2)n1C. The first-order valence-corrected chi connectivity index (χ1v) is 7.72. The summed E-state index contributed by atoms with van der Waals surface area (Å²) in [6.45, 7) is 2.30. The Morgan fingerprint density at radius 2 is 2.32 bits per heavy atom. The van der Waals surface area contributed by atoms with E-state index in [-0.39, 0.29) is 5.78 Å². The molecule has 0 fully saturated rings. The Morgan fingerprint density at radius 3 is 2.95 bits per heavy atom. The lowest BCUT2D eigenvalue weighted by Crippen LogP contribution is -2.10. The molecule has 7 heteroatoms. The van der Waals surface area contributed by atoms with E-state index in [1.54, 1.807) is 18.7 Å². The van der Waals surface area contributed by atoms with Crippen LogP contribution in [0, 0.1) is 0 Å². The van der Waals surface area contributed by atoms with Crippen molar-refractivity contribution in [1.29, 1.82) is 0 Å². The van der Waals surface area contributed by atoms with E-state index in [9.17, 15) is 4.79 Å². The Hall–Kier alpha value is -1.18. The van der Waals surface area contributed by atoms with Crippen LogP contribution in [0.1, 0.15) is 28.0 Å². The maximum Gasteiger partial charge on any atom is 0.191 e. The lowest BCUT2D eigenvalue weighted by Gasteiger charge is -2.02. The molecule has 2 rings (SSSR count). The summed E-state index contributed by atoms with van der Waals surface area (Å²) in [6, 6.07) is 1.95. The highest BCUT2D eigenvalue weighted by molar-refractivity contribution is 7.98. The van der Waals surface area contributed by atoms with Crippen LogP contribution in [0.15, 0.2) is 16.6 Å². The molecule has 0 aliphatic carbocycles. The van der Waals surface area contributed by atoms with Crippen molar-refractivity contribution in [1.82, 2.24) is 20.1 Å². The minimum atomic E-state index is 0.121. The molecular weight excluding hydrogens is 280 g/mol. The van der Waals surface area contributed by atoms with E-state index in [4.69, 9.17) is 0 Å². The summed E-state index contributed by atoms with van der Waals surface area (Å²) in [6.07, 6.45) is 0. The number of rotatable bonds is 6. The lowest BCUT2D eigenvalue weighted by atomic mass is 10.3. The average Bonchev–Trinajstić information content (AvgIpc) is 2.97. The predicted molar refractivity (Wildman–Crippen MR) is 77.7 cm³/mol. The van der Waals surface area contributed by atoms with Gasteiger partial charge in [0, 0.05) is 12.8 Å². The highest BCUT2D eigenvalue weighted by Crippen LogP contribution is 2.24. The average molecular weight is 296 g/mol. The number of aromatic nitrogens is 3. The van der Waals surface area contributed by atoms with Crippen molar-refractivity contribution < 1.29 is 4.79 Å². The molecular formula is C12H16N4OS2. The fourth-order valence-electron chi connectivity index (χ4n) is 1.57. The van der Waals surface area contributed by atoms with Gasteiger partial charge in [-0.05, 0) is 31.0 Å². The van der Waals surface area contributed by atoms with E-state index in [0.29, 0.717) is 6.54 Å². The molecule has 0 aliphatic rings. The monoisotopic (exact) mass is 296 g/mol. The minimum Gasteiger partial charge on any atom is -0.313 e. The molecule has 0 aliphatic heterocycles. The van der Waals surface area contributed by atoms with Crippen LogP contribution in [-0.4, -0.2) is 27.6 Å². The summed E-state index contributed by atoms with van der Waals surface area (Å²) in [5.74, 6) is 1.84. The molecule has 0 spiro atoms. The Balaban J connectivity index is 1.99. The summed E-state index contributed by atoms with van der Waals surface area (Å²) in [4.78, 5) is 12.0. The molecule has 0 saturated heterocycles. The molecule has 0 saturated carbocycles. The van der Waals surface area contributed by atoms with Crippen molar-refractivity contribution in [2.24, 2.45) is 7.05 Å². The first-order chi connectivity index (χ1) is 9.11. The number of ketones is 1. The predicted octanol–water partition coefficient (Wildman–Crippen LogP) is 2.09. The zero-order valence-corrected chi connectivity index (χ0v) is 12.8. The number of hydrogen-bond donors (Lipinski definition) is 1. The van der Waals surface area contributed by atoms with Gasteiger partial charge < -0.3 is 9.88 Å². The molecule has 0 bridgehead atoms. The van der Waals surface area contributed by atoms with Gasteiger partial charge in [0.15, 0.2) is 10.9 Å². The quantitative estimate of drug-likeness (QED) is 0.653. The third-order valence-electron chi connectivity index (χ3n) is 2.63. The van der Waals surface area contributed by atoms with Gasteiger partial charge in [-0.15, -0.1) is 21.5 Å². The molecule has 0 amide bonds. The Kier molecular flexibility index (Phi) is 4.73. The van der Waals surface area contributed by atoms with Gasteiger partial charge >= 0.3 is 0 Å². The fraction of sp³-hybridized carbons (Fsp3) is 0.417. The van der Waals surface area contributed by atoms with Gasteiger partial charge in [0.2, 0.25) is 0 Å². The van der Waals surface area contributed by atoms with Crippen LogP contribution < -0.4 is 5.32 Å². The second-order valence-electron chi connectivity index (χ2n) is 4.15. The van der Waals surface area contributed by atoms with Crippen LogP contribution in [0.3, 0.4) is 0 Å². The maximum absolute atomic E-state index is 11.2. The third-order valence-corrected chi connectivity index (χ3v) is 4.80. The topological polar surface area (TPSA) is 59.8 Å². The van der Waals surface area contributed by atoms with Crippen LogP contribution in [0.25, 0.3) is 0 Å². The number of carbonyl (C=O) groups excluding carboxylic acids is 1. The van der Waals surface area contributed by atoms with Crippen molar-refractivity contribution in [2.75, 3.05) is 7.05 Å². The van der Waals surface area contributed by atoms with Gasteiger partial charge in [-0.1, -0.05) is 11.8 Å². The summed E-state index contributed by atoms with van der Waals surface area (Å²) in [7, 11) is 3.85. The Bertz CT molecular complexity index is 576. The second kappa shape index (κ2) is 6.31. The molecule has 0 unspecified atom stereocenters. The Morgan fingerprint density at radius 1 is 1.53 bits per heavy atom. The summed E-state index contributed by atoms with van der Waals surface area (Å²) in [5, 5.41) is 14.3. The number of thiophene rings is 1. The van der Waals surface area contributed by atoms with E-state index < -0.39 is 0 Å². The maximum atomic E-state index is 11.2. The van der Waals surface area contributed by atoms with E-state index in [1.807, 2.05) is 30.1 Å². The number of thioether (sulfide) groups is 1. The molecule has 1 N–H and O–H groups in total. The molecule has 0 atom stereocenters. The molecule has 0 radical (unpaired) electrons. The van der Waals surface area contributed by atoms with Crippen molar-refractivity contribution in [3.8, 4) is 0 Å².